The molecule has 0 radical (unpaired) electrons. The van der Waals surface area contributed by atoms with Gasteiger partial charge < -0.3 is 5.32 Å². The minimum absolute atomic E-state index is 0.223. The molecule has 0 amide bonds. The zero-order valence-electron chi connectivity index (χ0n) is 13.0. The number of hydrogen-bond acceptors (Lipinski definition) is 2. The van der Waals surface area contributed by atoms with Crippen molar-refractivity contribution in [3.8, 4) is 0 Å². The highest BCUT2D eigenvalue weighted by atomic mass is 19.1. The first kappa shape index (κ1) is 15.4. The normalized spacial score (nSPS) is 19.4. The van der Waals surface area contributed by atoms with Crippen molar-refractivity contribution in [2.75, 3.05) is 6.54 Å². The zero-order valence-corrected chi connectivity index (χ0v) is 13.0. The van der Waals surface area contributed by atoms with Crippen molar-refractivity contribution >= 4 is 0 Å². The monoisotopic (exact) mass is 278 g/mol. The fourth-order valence-electron chi connectivity index (χ4n) is 3.98. The van der Waals surface area contributed by atoms with E-state index in [1.807, 2.05) is 6.20 Å². The molecule has 1 N–H and O–H groups in total. The van der Waals surface area contributed by atoms with Crippen LogP contribution >= 0.6 is 0 Å². The molecule has 1 aliphatic carbocycles. The molecule has 1 fully saturated rings. The lowest BCUT2D eigenvalue weighted by Crippen LogP contribution is -2.37. The van der Waals surface area contributed by atoms with Crippen LogP contribution in [-0.2, 0) is 0 Å². The number of hydrogen-bond donors (Lipinski definition) is 1. The Morgan fingerprint density at radius 2 is 2.00 bits per heavy atom. The van der Waals surface area contributed by atoms with E-state index in [9.17, 15) is 4.39 Å². The van der Waals surface area contributed by atoms with Crippen molar-refractivity contribution in [2.24, 2.45) is 11.3 Å². The fourth-order valence-corrected chi connectivity index (χ4v) is 3.98. The second kappa shape index (κ2) is 6.66. The standard InChI is InChI=1S/C17H27FN2/c1-4-20-16(14-9-15(18)12-19-11-14)17(10-13(2)3)7-5-6-8-17/h9,11-13,16,20H,4-8,10H2,1-3H3. The summed E-state index contributed by atoms with van der Waals surface area (Å²) in [4.78, 5) is 4.05. The average molecular weight is 278 g/mol. The fraction of sp³-hybridized carbons (Fsp3) is 0.706. The minimum Gasteiger partial charge on any atom is -0.310 e. The molecule has 1 unspecified atom stereocenters. The van der Waals surface area contributed by atoms with Gasteiger partial charge in [-0.1, -0.05) is 33.6 Å². The Morgan fingerprint density at radius 3 is 2.55 bits per heavy atom. The molecule has 2 rings (SSSR count). The molecule has 0 saturated heterocycles. The second-order valence-electron chi connectivity index (χ2n) is 6.59. The summed E-state index contributed by atoms with van der Waals surface area (Å²) in [6.45, 7) is 7.60. The maximum atomic E-state index is 13.6. The van der Waals surface area contributed by atoms with Gasteiger partial charge in [-0.2, -0.15) is 0 Å². The summed E-state index contributed by atoms with van der Waals surface area (Å²) in [6.07, 6.45) is 9.36. The van der Waals surface area contributed by atoms with Gasteiger partial charge in [0.15, 0.2) is 0 Å². The highest BCUT2D eigenvalue weighted by molar-refractivity contribution is 5.19. The average Bonchev–Trinajstić information content (AvgIpc) is 2.84. The van der Waals surface area contributed by atoms with Gasteiger partial charge in [0, 0.05) is 12.2 Å². The molecule has 1 atom stereocenters. The first-order valence-corrected chi connectivity index (χ1v) is 7.91. The Bertz CT molecular complexity index is 425. The van der Waals surface area contributed by atoms with Crippen LogP contribution in [0.15, 0.2) is 18.5 Å². The molecule has 1 aliphatic rings. The van der Waals surface area contributed by atoms with Crippen LogP contribution in [0.2, 0.25) is 0 Å². The molecule has 1 saturated carbocycles. The molecule has 0 spiro atoms. The van der Waals surface area contributed by atoms with Crippen molar-refractivity contribution in [3.63, 3.8) is 0 Å². The van der Waals surface area contributed by atoms with Crippen LogP contribution in [-0.4, -0.2) is 11.5 Å². The zero-order chi connectivity index (χ0) is 14.6. The SMILES string of the molecule is CCNC(c1cncc(F)c1)C1(CC(C)C)CCCC1. The first-order valence-electron chi connectivity index (χ1n) is 7.91. The Hall–Kier alpha value is -0.960. The molecule has 1 aromatic heterocycles. The van der Waals surface area contributed by atoms with Gasteiger partial charge in [0.25, 0.3) is 0 Å². The third kappa shape index (κ3) is 3.38. The Balaban J connectivity index is 2.34. The summed E-state index contributed by atoms with van der Waals surface area (Å²) in [7, 11) is 0. The third-order valence-electron chi connectivity index (χ3n) is 4.49. The third-order valence-corrected chi connectivity index (χ3v) is 4.49. The van der Waals surface area contributed by atoms with E-state index in [4.69, 9.17) is 0 Å². The van der Waals surface area contributed by atoms with Gasteiger partial charge in [-0.3, -0.25) is 4.98 Å². The van der Waals surface area contributed by atoms with E-state index in [2.05, 4.69) is 31.1 Å². The second-order valence-corrected chi connectivity index (χ2v) is 6.59. The van der Waals surface area contributed by atoms with Crippen LogP contribution in [0.5, 0.6) is 0 Å². The number of nitrogens with one attached hydrogen (secondary N) is 1. The molecular weight excluding hydrogens is 251 g/mol. The van der Waals surface area contributed by atoms with Crippen LogP contribution in [0.1, 0.15) is 64.5 Å². The van der Waals surface area contributed by atoms with E-state index in [0.29, 0.717) is 5.92 Å². The topological polar surface area (TPSA) is 24.9 Å². The van der Waals surface area contributed by atoms with E-state index in [1.54, 1.807) is 6.07 Å². The summed E-state index contributed by atoms with van der Waals surface area (Å²) in [5, 5.41) is 3.61. The summed E-state index contributed by atoms with van der Waals surface area (Å²) in [5.74, 6) is 0.430. The predicted octanol–water partition coefficient (Wildman–Crippen LogP) is 4.48. The minimum atomic E-state index is -0.233. The number of halogens is 1. The number of rotatable bonds is 6. The summed E-state index contributed by atoms with van der Waals surface area (Å²) < 4.78 is 13.6. The quantitative estimate of drug-likeness (QED) is 0.830. The van der Waals surface area contributed by atoms with Gasteiger partial charge in [0.1, 0.15) is 5.82 Å². The lowest BCUT2D eigenvalue weighted by Gasteiger charge is -2.40. The van der Waals surface area contributed by atoms with Gasteiger partial charge in [0.05, 0.1) is 6.20 Å². The molecule has 112 valence electrons. The van der Waals surface area contributed by atoms with E-state index in [-0.39, 0.29) is 17.3 Å². The van der Waals surface area contributed by atoms with Gasteiger partial charge >= 0.3 is 0 Å². The molecule has 20 heavy (non-hydrogen) atoms. The van der Waals surface area contributed by atoms with E-state index in [1.165, 1.54) is 38.3 Å². The molecule has 1 aromatic rings. The first-order chi connectivity index (χ1) is 9.57. The largest absolute Gasteiger partial charge is 0.310 e. The van der Waals surface area contributed by atoms with Gasteiger partial charge in [0.2, 0.25) is 0 Å². The molecule has 3 heteroatoms. The number of nitrogens with zero attached hydrogens (tertiary/aromatic N) is 1. The Kier molecular flexibility index (Phi) is 5.14. The summed E-state index contributed by atoms with van der Waals surface area (Å²) in [6, 6.07) is 1.88. The van der Waals surface area contributed by atoms with Crippen LogP contribution in [0, 0.1) is 17.2 Å². The van der Waals surface area contributed by atoms with Crippen molar-refractivity contribution in [2.45, 2.75) is 58.9 Å². The molecule has 2 nitrogen and oxygen atoms in total. The molecule has 0 bridgehead atoms. The van der Waals surface area contributed by atoms with Crippen LogP contribution in [0.25, 0.3) is 0 Å². The molecule has 0 aliphatic heterocycles. The van der Waals surface area contributed by atoms with E-state index < -0.39 is 0 Å². The molecular formula is C17H27FN2. The lowest BCUT2D eigenvalue weighted by molar-refractivity contribution is 0.156. The van der Waals surface area contributed by atoms with Crippen LogP contribution in [0.3, 0.4) is 0 Å². The smallest absolute Gasteiger partial charge is 0.141 e. The Labute approximate surface area is 122 Å². The maximum Gasteiger partial charge on any atom is 0.141 e. The van der Waals surface area contributed by atoms with Crippen molar-refractivity contribution < 1.29 is 4.39 Å². The number of aromatic nitrogens is 1. The van der Waals surface area contributed by atoms with Gasteiger partial charge in [-0.05, 0) is 48.8 Å². The van der Waals surface area contributed by atoms with Crippen molar-refractivity contribution in [3.05, 3.63) is 29.8 Å². The van der Waals surface area contributed by atoms with Gasteiger partial charge in [-0.25, -0.2) is 4.39 Å². The van der Waals surface area contributed by atoms with E-state index >= 15 is 0 Å². The molecule has 0 aromatic carbocycles. The summed E-state index contributed by atoms with van der Waals surface area (Å²) >= 11 is 0. The predicted molar refractivity (Wildman–Crippen MR) is 81.0 cm³/mol. The highest BCUT2D eigenvalue weighted by Crippen LogP contribution is 2.51. The van der Waals surface area contributed by atoms with Crippen LogP contribution < -0.4 is 5.32 Å². The number of pyridine rings is 1. The molecule has 1 heterocycles. The van der Waals surface area contributed by atoms with Crippen LogP contribution in [0.4, 0.5) is 4.39 Å². The van der Waals surface area contributed by atoms with Gasteiger partial charge in [-0.15, -0.1) is 0 Å². The Morgan fingerprint density at radius 1 is 1.30 bits per heavy atom. The lowest BCUT2D eigenvalue weighted by atomic mass is 9.70. The van der Waals surface area contributed by atoms with E-state index in [0.717, 1.165) is 12.1 Å². The maximum absolute atomic E-state index is 13.6. The summed E-state index contributed by atoms with van der Waals surface area (Å²) in [5.41, 5.74) is 1.27. The van der Waals surface area contributed by atoms with Crippen molar-refractivity contribution in [1.29, 1.82) is 0 Å². The highest BCUT2D eigenvalue weighted by Gasteiger charge is 2.42. The van der Waals surface area contributed by atoms with Crippen molar-refractivity contribution in [1.82, 2.24) is 10.3 Å².